The molecule has 0 aliphatic heterocycles. The van der Waals surface area contributed by atoms with Gasteiger partial charge in [-0.15, -0.1) is 11.3 Å². The van der Waals surface area contributed by atoms with Crippen molar-refractivity contribution in [1.82, 2.24) is 5.32 Å². The first-order valence-electron chi connectivity index (χ1n) is 9.23. The van der Waals surface area contributed by atoms with Gasteiger partial charge in [0.15, 0.2) is 6.10 Å². The first-order chi connectivity index (χ1) is 12.6. The van der Waals surface area contributed by atoms with Crippen LogP contribution in [0.1, 0.15) is 58.3 Å². The molecule has 1 aromatic carbocycles. The molecule has 0 unspecified atom stereocenters. The SMILES string of the molecule is CC[C@H](CNC(=O)[C@H](C)OC(=O)c1cc2c(s1)CCC2)c1ccccc1. The highest BCUT2D eigenvalue weighted by atomic mass is 32.1. The molecule has 4 nitrogen and oxygen atoms in total. The van der Waals surface area contributed by atoms with E-state index in [4.69, 9.17) is 4.74 Å². The Labute approximate surface area is 158 Å². The Morgan fingerprint density at radius 2 is 2.00 bits per heavy atom. The van der Waals surface area contributed by atoms with E-state index in [1.165, 1.54) is 27.3 Å². The Morgan fingerprint density at radius 1 is 1.23 bits per heavy atom. The Bertz CT molecular complexity index is 747. The van der Waals surface area contributed by atoms with E-state index in [-0.39, 0.29) is 11.8 Å². The largest absolute Gasteiger partial charge is 0.448 e. The van der Waals surface area contributed by atoms with Crippen LogP contribution < -0.4 is 5.32 Å². The third-order valence-corrected chi connectivity index (χ3v) is 6.10. The highest BCUT2D eigenvalue weighted by Crippen LogP contribution is 2.31. The van der Waals surface area contributed by atoms with Gasteiger partial charge in [0.05, 0.1) is 0 Å². The predicted octanol–water partition coefficient (Wildman–Crippen LogP) is 4.09. The van der Waals surface area contributed by atoms with Gasteiger partial charge in [-0.05, 0) is 49.8 Å². The molecule has 0 saturated carbocycles. The number of hydrogen-bond donors (Lipinski definition) is 1. The molecule has 0 bridgehead atoms. The second-order valence-corrected chi connectivity index (χ2v) is 7.86. The molecule has 5 heteroatoms. The monoisotopic (exact) mass is 371 g/mol. The summed E-state index contributed by atoms with van der Waals surface area (Å²) in [6.07, 6.45) is 3.37. The van der Waals surface area contributed by atoms with Gasteiger partial charge in [-0.25, -0.2) is 4.79 Å². The summed E-state index contributed by atoms with van der Waals surface area (Å²) in [5, 5.41) is 2.91. The zero-order valence-corrected chi connectivity index (χ0v) is 16.1. The van der Waals surface area contributed by atoms with Crippen LogP contribution in [-0.2, 0) is 22.4 Å². The van der Waals surface area contributed by atoms with E-state index in [2.05, 4.69) is 24.4 Å². The third-order valence-electron chi connectivity index (χ3n) is 4.89. The topological polar surface area (TPSA) is 55.4 Å². The van der Waals surface area contributed by atoms with Crippen molar-refractivity contribution in [2.45, 2.75) is 51.6 Å². The maximum Gasteiger partial charge on any atom is 0.349 e. The zero-order valence-electron chi connectivity index (χ0n) is 15.3. The van der Waals surface area contributed by atoms with Gasteiger partial charge in [-0.1, -0.05) is 37.3 Å². The number of amides is 1. The van der Waals surface area contributed by atoms with Crippen molar-refractivity contribution in [2.75, 3.05) is 6.54 Å². The Hall–Kier alpha value is -2.14. The predicted molar refractivity (Wildman–Crippen MR) is 104 cm³/mol. The second kappa shape index (κ2) is 8.49. The number of ether oxygens (including phenoxy) is 1. The van der Waals surface area contributed by atoms with Crippen molar-refractivity contribution in [3.63, 3.8) is 0 Å². The number of thiophene rings is 1. The van der Waals surface area contributed by atoms with Gasteiger partial charge in [0.2, 0.25) is 0 Å². The van der Waals surface area contributed by atoms with Crippen molar-refractivity contribution < 1.29 is 14.3 Å². The summed E-state index contributed by atoms with van der Waals surface area (Å²) in [5.41, 5.74) is 2.46. The molecule has 1 aliphatic carbocycles. The molecule has 0 spiro atoms. The molecule has 0 saturated heterocycles. The van der Waals surface area contributed by atoms with E-state index in [1.807, 2.05) is 24.3 Å². The summed E-state index contributed by atoms with van der Waals surface area (Å²) in [7, 11) is 0. The fourth-order valence-corrected chi connectivity index (χ4v) is 4.43. The summed E-state index contributed by atoms with van der Waals surface area (Å²) in [6.45, 7) is 4.26. The number of benzene rings is 1. The Morgan fingerprint density at radius 3 is 2.69 bits per heavy atom. The zero-order chi connectivity index (χ0) is 18.5. The lowest BCUT2D eigenvalue weighted by molar-refractivity contribution is -0.129. The van der Waals surface area contributed by atoms with Crippen molar-refractivity contribution in [3.8, 4) is 0 Å². The quantitative estimate of drug-likeness (QED) is 0.746. The molecule has 3 rings (SSSR count). The van der Waals surface area contributed by atoms with Crippen LogP contribution in [0.15, 0.2) is 36.4 Å². The number of hydrogen-bond acceptors (Lipinski definition) is 4. The Kier molecular flexibility index (Phi) is 6.09. The Balaban J connectivity index is 1.51. The van der Waals surface area contributed by atoms with Crippen molar-refractivity contribution in [2.24, 2.45) is 0 Å². The second-order valence-electron chi connectivity index (χ2n) is 6.72. The highest BCUT2D eigenvalue weighted by molar-refractivity contribution is 7.14. The fraction of sp³-hybridized carbons (Fsp3) is 0.429. The molecule has 2 aromatic rings. The molecule has 138 valence electrons. The van der Waals surface area contributed by atoms with Crippen LogP contribution in [0.5, 0.6) is 0 Å². The van der Waals surface area contributed by atoms with Crippen molar-refractivity contribution in [1.29, 1.82) is 0 Å². The molecule has 26 heavy (non-hydrogen) atoms. The maximum absolute atomic E-state index is 12.3. The van der Waals surface area contributed by atoms with Gasteiger partial charge < -0.3 is 10.1 Å². The van der Waals surface area contributed by atoms with Crippen LogP contribution in [-0.4, -0.2) is 24.5 Å². The molecule has 1 aliphatic rings. The number of carbonyl (C=O) groups is 2. The molecule has 2 atom stereocenters. The number of esters is 1. The smallest absolute Gasteiger partial charge is 0.349 e. The fourth-order valence-electron chi connectivity index (χ4n) is 3.29. The van der Waals surface area contributed by atoms with E-state index >= 15 is 0 Å². The molecule has 1 aromatic heterocycles. The number of nitrogens with one attached hydrogen (secondary N) is 1. The lowest BCUT2D eigenvalue weighted by Gasteiger charge is -2.18. The molecule has 0 fully saturated rings. The standard InChI is InChI=1S/C21H25NO3S/c1-3-15(16-8-5-4-6-9-16)13-22-20(23)14(2)25-21(24)19-12-17-10-7-11-18(17)26-19/h4-6,8-9,12,14-15H,3,7,10-11,13H2,1-2H3,(H,22,23)/t14-,15+/m0/s1. The van der Waals surface area contributed by atoms with Crippen LogP contribution in [0, 0.1) is 0 Å². The molecular formula is C21H25NO3S. The lowest BCUT2D eigenvalue weighted by atomic mass is 9.96. The molecule has 1 amide bonds. The van der Waals surface area contributed by atoms with Crippen LogP contribution in [0.3, 0.4) is 0 Å². The summed E-state index contributed by atoms with van der Waals surface area (Å²) in [5.74, 6) is -0.401. The van der Waals surface area contributed by atoms with Gasteiger partial charge in [0.1, 0.15) is 4.88 Å². The summed E-state index contributed by atoms with van der Waals surface area (Å²) in [6, 6.07) is 12.0. The summed E-state index contributed by atoms with van der Waals surface area (Å²) >= 11 is 1.50. The number of rotatable bonds is 7. The minimum absolute atomic E-state index is 0.253. The van der Waals surface area contributed by atoms with Crippen molar-refractivity contribution >= 4 is 23.2 Å². The summed E-state index contributed by atoms with van der Waals surface area (Å²) < 4.78 is 5.37. The minimum Gasteiger partial charge on any atom is -0.448 e. The average molecular weight is 372 g/mol. The maximum atomic E-state index is 12.3. The van der Waals surface area contributed by atoms with Gasteiger partial charge in [-0.3, -0.25) is 4.79 Å². The van der Waals surface area contributed by atoms with Gasteiger partial charge in [0.25, 0.3) is 5.91 Å². The molecular weight excluding hydrogens is 346 g/mol. The minimum atomic E-state index is -0.798. The van der Waals surface area contributed by atoms with E-state index in [0.717, 1.165) is 25.7 Å². The van der Waals surface area contributed by atoms with E-state index in [1.54, 1.807) is 6.92 Å². The molecule has 1 heterocycles. The number of carbonyl (C=O) groups excluding carboxylic acids is 2. The third kappa shape index (κ3) is 4.33. The van der Waals surface area contributed by atoms with E-state index < -0.39 is 12.1 Å². The molecule has 1 N–H and O–H groups in total. The van der Waals surface area contributed by atoms with Gasteiger partial charge >= 0.3 is 5.97 Å². The summed E-state index contributed by atoms with van der Waals surface area (Å²) in [4.78, 5) is 26.5. The van der Waals surface area contributed by atoms with Gasteiger partial charge in [0, 0.05) is 17.3 Å². The van der Waals surface area contributed by atoms with Crippen molar-refractivity contribution in [3.05, 3.63) is 57.3 Å². The average Bonchev–Trinajstić information content (AvgIpc) is 3.25. The van der Waals surface area contributed by atoms with Gasteiger partial charge in [-0.2, -0.15) is 0 Å². The first-order valence-corrected chi connectivity index (χ1v) is 10.0. The molecule has 0 radical (unpaired) electrons. The lowest BCUT2D eigenvalue weighted by Crippen LogP contribution is -2.37. The number of aryl methyl sites for hydroxylation is 2. The highest BCUT2D eigenvalue weighted by Gasteiger charge is 2.23. The first kappa shape index (κ1) is 18.6. The van der Waals surface area contributed by atoms with E-state index in [0.29, 0.717) is 11.4 Å². The van der Waals surface area contributed by atoms with Crippen LogP contribution in [0.4, 0.5) is 0 Å². The number of fused-ring (bicyclic) bond motifs is 1. The van der Waals surface area contributed by atoms with E-state index in [9.17, 15) is 9.59 Å². The van der Waals surface area contributed by atoms with Crippen LogP contribution in [0.2, 0.25) is 0 Å². The van der Waals surface area contributed by atoms with Crippen LogP contribution in [0.25, 0.3) is 0 Å². The van der Waals surface area contributed by atoms with Crippen LogP contribution >= 0.6 is 11.3 Å². The normalized spacial score (nSPS) is 15.2.